The van der Waals surface area contributed by atoms with E-state index in [4.69, 9.17) is 4.74 Å². The van der Waals surface area contributed by atoms with Gasteiger partial charge in [0.25, 0.3) is 5.91 Å². The molecule has 0 aromatic carbocycles. The number of hydrogen-bond donors (Lipinski definition) is 1. The lowest BCUT2D eigenvalue weighted by Crippen LogP contribution is -2.39. The minimum Gasteiger partial charge on any atom is -0.385 e. The standard InChI is InChI=1S/C14H15BrN4O2/c1-21-7-4-10-8-17-14(20)13-11(15)12(18-19(10)13)9-2-5-16-6-3-9/h2-3,5-6,10H,4,7-8H2,1H3,(H,17,20). The third kappa shape index (κ3) is 2.58. The van der Waals surface area contributed by atoms with Crippen LogP contribution in [0.2, 0.25) is 0 Å². The van der Waals surface area contributed by atoms with Crippen LogP contribution >= 0.6 is 15.9 Å². The molecule has 0 spiro atoms. The summed E-state index contributed by atoms with van der Waals surface area (Å²) in [5.41, 5.74) is 2.25. The Balaban J connectivity index is 2.05. The van der Waals surface area contributed by atoms with E-state index in [1.165, 1.54) is 0 Å². The smallest absolute Gasteiger partial charge is 0.270 e. The second-order valence-corrected chi connectivity index (χ2v) is 5.63. The van der Waals surface area contributed by atoms with Crippen LogP contribution in [-0.2, 0) is 4.74 Å². The molecule has 6 nitrogen and oxygen atoms in total. The van der Waals surface area contributed by atoms with Gasteiger partial charge in [-0.05, 0) is 34.5 Å². The van der Waals surface area contributed by atoms with Gasteiger partial charge in [-0.1, -0.05) is 0 Å². The third-order valence-corrected chi connectivity index (χ3v) is 4.27. The maximum Gasteiger partial charge on any atom is 0.270 e. The highest BCUT2D eigenvalue weighted by Gasteiger charge is 2.31. The van der Waals surface area contributed by atoms with Crippen LogP contribution in [0.15, 0.2) is 29.0 Å². The van der Waals surface area contributed by atoms with Gasteiger partial charge in [0, 0.05) is 38.2 Å². The molecule has 0 radical (unpaired) electrons. The van der Waals surface area contributed by atoms with E-state index in [1.54, 1.807) is 24.2 Å². The summed E-state index contributed by atoms with van der Waals surface area (Å²) in [6, 6.07) is 3.85. The van der Waals surface area contributed by atoms with Gasteiger partial charge in [0.15, 0.2) is 0 Å². The average Bonchev–Trinajstić information content (AvgIpc) is 2.86. The minimum absolute atomic E-state index is 0.101. The van der Waals surface area contributed by atoms with Crippen LogP contribution in [-0.4, -0.2) is 40.9 Å². The fourth-order valence-corrected chi connectivity index (χ4v) is 3.11. The highest BCUT2D eigenvalue weighted by atomic mass is 79.9. The van der Waals surface area contributed by atoms with Gasteiger partial charge in [-0.25, -0.2) is 0 Å². The lowest BCUT2D eigenvalue weighted by Gasteiger charge is -2.24. The molecule has 1 unspecified atom stereocenters. The van der Waals surface area contributed by atoms with E-state index < -0.39 is 0 Å². The topological polar surface area (TPSA) is 69.0 Å². The molecule has 1 N–H and O–H groups in total. The van der Waals surface area contributed by atoms with Crippen molar-refractivity contribution in [2.45, 2.75) is 12.5 Å². The van der Waals surface area contributed by atoms with Crippen LogP contribution in [0.5, 0.6) is 0 Å². The van der Waals surface area contributed by atoms with Crippen LogP contribution < -0.4 is 5.32 Å². The van der Waals surface area contributed by atoms with Crippen molar-refractivity contribution in [2.24, 2.45) is 0 Å². The van der Waals surface area contributed by atoms with Crippen LogP contribution in [0, 0.1) is 0 Å². The molecule has 1 aliphatic rings. The van der Waals surface area contributed by atoms with Crippen molar-refractivity contribution in [1.29, 1.82) is 0 Å². The molecule has 21 heavy (non-hydrogen) atoms. The van der Waals surface area contributed by atoms with Crippen LogP contribution in [0.4, 0.5) is 0 Å². The van der Waals surface area contributed by atoms with Crippen molar-refractivity contribution in [3.05, 3.63) is 34.7 Å². The third-order valence-electron chi connectivity index (χ3n) is 3.52. The van der Waals surface area contributed by atoms with E-state index in [2.05, 4.69) is 31.3 Å². The molecule has 0 saturated carbocycles. The van der Waals surface area contributed by atoms with Crippen molar-refractivity contribution in [3.63, 3.8) is 0 Å². The molecular formula is C14H15BrN4O2. The quantitative estimate of drug-likeness (QED) is 0.915. The number of amides is 1. The number of nitrogens with zero attached hydrogens (tertiary/aromatic N) is 3. The lowest BCUT2D eigenvalue weighted by molar-refractivity contribution is 0.0894. The number of carbonyl (C=O) groups is 1. The number of carbonyl (C=O) groups excluding carboxylic acids is 1. The Morgan fingerprint density at radius 3 is 2.95 bits per heavy atom. The maximum atomic E-state index is 12.1. The first kappa shape index (κ1) is 14.2. The highest BCUT2D eigenvalue weighted by molar-refractivity contribution is 9.10. The summed E-state index contributed by atoms with van der Waals surface area (Å²) in [6.07, 6.45) is 4.22. The second kappa shape index (κ2) is 5.95. The SMILES string of the molecule is COCCC1CNC(=O)c2c(Br)c(-c3ccncc3)nn21. The monoisotopic (exact) mass is 350 g/mol. The molecule has 0 aliphatic carbocycles. The summed E-state index contributed by atoms with van der Waals surface area (Å²) < 4.78 is 7.65. The number of aromatic nitrogens is 3. The van der Waals surface area contributed by atoms with Gasteiger partial charge in [-0.3, -0.25) is 14.5 Å². The largest absolute Gasteiger partial charge is 0.385 e. The van der Waals surface area contributed by atoms with E-state index >= 15 is 0 Å². The average molecular weight is 351 g/mol. The van der Waals surface area contributed by atoms with E-state index in [0.717, 1.165) is 17.7 Å². The zero-order chi connectivity index (χ0) is 14.8. The molecule has 1 amide bonds. The predicted molar refractivity (Wildman–Crippen MR) is 81.0 cm³/mol. The van der Waals surface area contributed by atoms with Gasteiger partial charge >= 0.3 is 0 Å². The van der Waals surface area contributed by atoms with Crippen molar-refractivity contribution in [2.75, 3.05) is 20.3 Å². The summed E-state index contributed by atoms with van der Waals surface area (Å²) >= 11 is 3.51. The Bertz CT molecular complexity index is 656. The molecule has 0 bridgehead atoms. The molecule has 7 heteroatoms. The van der Waals surface area contributed by atoms with Crippen LogP contribution in [0.3, 0.4) is 0 Å². The summed E-state index contributed by atoms with van der Waals surface area (Å²) in [5.74, 6) is -0.108. The first-order valence-electron chi connectivity index (χ1n) is 6.68. The van der Waals surface area contributed by atoms with Crippen molar-refractivity contribution in [3.8, 4) is 11.3 Å². The molecule has 3 rings (SSSR count). The Labute approximate surface area is 130 Å². The van der Waals surface area contributed by atoms with Gasteiger partial charge in [0.2, 0.25) is 0 Å². The number of hydrogen-bond acceptors (Lipinski definition) is 4. The van der Waals surface area contributed by atoms with Crippen LogP contribution in [0.1, 0.15) is 23.0 Å². The number of pyridine rings is 1. The number of fused-ring (bicyclic) bond motifs is 1. The summed E-state index contributed by atoms with van der Waals surface area (Å²) in [7, 11) is 1.67. The van der Waals surface area contributed by atoms with Crippen LogP contribution in [0.25, 0.3) is 11.3 Å². The highest BCUT2D eigenvalue weighted by Crippen LogP contribution is 2.33. The molecular weight excluding hydrogens is 336 g/mol. The van der Waals surface area contributed by atoms with E-state index in [9.17, 15) is 4.79 Å². The summed E-state index contributed by atoms with van der Waals surface area (Å²) in [4.78, 5) is 16.1. The molecule has 0 fully saturated rings. The van der Waals surface area contributed by atoms with Gasteiger partial charge in [0.05, 0.1) is 10.5 Å². The zero-order valence-electron chi connectivity index (χ0n) is 11.5. The molecule has 2 aromatic rings. The number of nitrogens with one attached hydrogen (secondary N) is 1. The summed E-state index contributed by atoms with van der Waals surface area (Å²) in [6.45, 7) is 1.20. The number of halogens is 1. The van der Waals surface area contributed by atoms with E-state index in [-0.39, 0.29) is 11.9 Å². The number of ether oxygens (including phenoxy) is 1. The van der Waals surface area contributed by atoms with Gasteiger partial charge in [-0.2, -0.15) is 5.10 Å². The number of methoxy groups -OCH3 is 1. The first-order chi connectivity index (χ1) is 10.2. The molecule has 1 aliphatic heterocycles. The number of rotatable bonds is 4. The van der Waals surface area contributed by atoms with Crippen molar-refractivity contribution in [1.82, 2.24) is 20.1 Å². The van der Waals surface area contributed by atoms with E-state index in [1.807, 2.05) is 12.1 Å². The molecule has 3 heterocycles. The Hall–Kier alpha value is -1.73. The Morgan fingerprint density at radius 1 is 1.48 bits per heavy atom. The molecule has 0 saturated heterocycles. The Morgan fingerprint density at radius 2 is 2.24 bits per heavy atom. The molecule has 110 valence electrons. The fraction of sp³-hybridized carbons (Fsp3) is 0.357. The lowest BCUT2D eigenvalue weighted by atomic mass is 10.1. The van der Waals surface area contributed by atoms with Gasteiger partial charge < -0.3 is 10.1 Å². The summed E-state index contributed by atoms with van der Waals surface area (Å²) in [5, 5.41) is 7.54. The molecule has 1 atom stereocenters. The van der Waals surface area contributed by atoms with Crippen molar-refractivity contribution >= 4 is 21.8 Å². The van der Waals surface area contributed by atoms with Crippen molar-refractivity contribution < 1.29 is 9.53 Å². The predicted octanol–water partition coefficient (Wildman–Crippen LogP) is 2.03. The normalized spacial score (nSPS) is 17.4. The minimum atomic E-state index is -0.108. The van der Waals surface area contributed by atoms with Gasteiger partial charge in [-0.15, -0.1) is 0 Å². The maximum absolute atomic E-state index is 12.1. The Kier molecular flexibility index (Phi) is 4.03. The zero-order valence-corrected chi connectivity index (χ0v) is 13.1. The van der Waals surface area contributed by atoms with E-state index in [0.29, 0.717) is 23.3 Å². The fourth-order valence-electron chi connectivity index (χ4n) is 2.44. The second-order valence-electron chi connectivity index (χ2n) is 4.84. The molecule has 2 aromatic heterocycles. The van der Waals surface area contributed by atoms with Gasteiger partial charge in [0.1, 0.15) is 11.4 Å². The first-order valence-corrected chi connectivity index (χ1v) is 7.47.